The molecule has 0 spiro atoms. The first kappa shape index (κ1) is 12.4. The number of urea groups is 1. The van der Waals surface area contributed by atoms with Gasteiger partial charge in [-0.05, 0) is 25.7 Å². The van der Waals surface area contributed by atoms with Crippen molar-refractivity contribution in [3.63, 3.8) is 0 Å². The lowest BCUT2D eigenvalue weighted by molar-refractivity contribution is -0.117. The number of carbonyl (C=O) groups is 2. The normalized spacial score (nSPS) is 26.1. The number of rotatable bonds is 4. The molecule has 4 heteroatoms. The number of hydrogen-bond acceptors (Lipinski definition) is 2. The highest BCUT2D eigenvalue weighted by Crippen LogP contribution is 2.28. The number of nitrogens with zero attached hydrogens (tertiary/aromatic N) is 1. The number of ketones is 1. The third-order valence-corrected chi connectivity index (χ3v) is 3.97. The van der Waals surface area contributed by atoms with Crippen molar-refractivity contribution in [3.05, 3.63) is 0 Å². The minimum absolute atomic E-state index is 0.0156. The molecule has 1 saturated heterocycles. The number of carbonyl (C=O) groups excluding carboxylic acids is 2. The lowest BCUT2D eigenvalue weighted by Crippen LogP contribution is -2.35. The van der Waals surface area contributed by atoms with Gasteiger partial charge in [0.15, 0.2) is 0 Å². The van der Waals surface area contributed by atoms with E-state index < -0.39 is 0 Å². The van der Waals surface area contributed by atoms with E-state index in [0.29, 0.717) is 24.9 Å². The van der Waals surface area contributed by atoms with Gasteiger partial charge in [-0.3, -0.25) is 4.79 Å². The van der Waals surface area contributed by atoms with Gasteiger partial charge >= 0.3 is 6.03 Å². The van der Waals surface area contributed by atoms with Gasteiger partial charge in [0, 0.05) is 19.5 Å². The van der Waals surface area contributed by atoms with Crippen molar-refractivity contribution < 1.29 is 9.59 Å². The van der Waals surface area contributed by atoms with Crippen molar-refractivity contribution in [1.29, 1.82) is 0 Å². The molecule has 1 heterocycles. The van der Waals surface area contributed by atoms with Crippen LogP contribution < -0.4 is 5.32 Å². The van der Waals surface area contributed by atoms with Crippen molar-refractivity contribution in [2.75, 3.05) is 13.1 Å². The van der Waals surface area contributed by atoms with Crippen LogP contribution in [0, 0.1) is 5.92 Å². The molecule has 2 amide bonds. The minimum Gasteiger partial charge on any atom is -0.333 e. The third kappa shape index (κ3) is 3.20. The van der Waals surface area contributed by atoms with E-state index in [1.165, 1.54) is 32.1 Å². The molecule has 0 aromatic rings. The first-order chi connectivity index (χ1) is 8.16. The van der Waals surface area contributed by atoms with Gasteiger partial charge in [-0.25, -0.2) is 4.79 Å². The molecular weight excluding hydrogens is 216 g/mol. The average Bonchev–Trinajstić information content (AvgIpc) is 2.69. The lowest BCUT2D eigenvalue weighted by atomic mass is 9.84. The fourth-order valence-corrected chi connectivity index (χ4v) is 2.90. The summed E-state index contributed by atoms with van der Waals surface area (Å²) in [7, 11) is 0. The summed E-state index contributed by atoms with van der Waals surface area (Å²) in [6.07, 6.45) is 6.89. The molecule has 0 radical (unpaired) electrons. The number of nitrogens with one attached hydrogen (secondary N) is 1. The van der Waals surface area contributed by atoms with Crippen LogP contribution in [0.15, 0.2) is 0 Å². The van der Waals surface area contributed by atoms with Gasteiger partial charge in [-0.2, -0.15) is 0 Å². The van der Waals surface area contributed by atoms with E-state index >= 15 is 0 Å². The van der Waals surface area contributed by atoms with Gasteiger partial charge in [-0.15, -0.1) is 0 Å². The van der Waals surface area contributed by atoms with E-state index in [1.54, 1.807) is 11.8 Å². The second-order valence-electron chi connectivity index (χ2n) is 5.35. The van der Waals surface area contributed by atoms with Crippen molar-refractivity contribution in [2.45, 2.75) is 51.5 Å². The van der Waals surface area contributed by atoms with E-state index in [1.807, 2.05) is 0 Å². The predicted octanol–water partition coefficient (Wildman–Crippen LogP) is 1.94. The Labute approximate surface area is 103 Å². The van der Waals surface area contributed by atoms with Gasteiger partial charge in [-0.1, -0.05) is 19.3 Å². The van der Waals surface area contributed by atoms with Crippen LogP contribution in [0.1, 0.15) is 45.4 Å². The molecule has 4 nitrogen and oxygen atoms in total. The monoisotopic (exact) mass is 238 g/mol. The van der Waals surface area contributed by atoms with E-state index in [0.717, 1.165) is 6.54 Å². The van der Waals surface area contributed by atoms with Crippen molar-refractivity contribution in [3.8, 4) is 0 Å². The van der Waals surface area contributed by atoms with Gasteiger partial charge in [0.1, 0.15) is 5.78 Å². The number of amides is 2. The molecule has 96 valence electrons. The maximum atomic E-state index is 11.7. The first-order valence-corrected chi connectivity index (χ1v) is 6.71. The SMILES string of the molecule is CC(=O)CCN1CC(C2CCCCC2)NC1=O. The van der Waals surface area contributed by atoms with E-state index in [2.05, 4.69) is 5.32 Å². The molecule has 1 atom stereocenters. The Bertz CT molecular complexity index is 298. The highest BCUT2D eigenvalue weighted by molar-refractivity contribution is 5.79. The molecule has 1 aliphatic heterocycles. The fourth-order valence-electron chi connectivity index (χ4n) is 2.90. The topological polar surface area (TPSA) is 49.4 Å². The van der Waals surface area contributed by atoms with Gasteiger partial charge < -0.3 is 10.2 Å². The van der Waals surface area contributed by atoms with Crippen LogP contribution in [0.3, 0.4) is 0 Å². The summed E-state index contributed by atoms with van der Waals surface area (Å²) in [6, 6.07) is 0.330. The molecule has 2 rings (SSSR count). The third-order valence-electron chi connectivity index (χ3n) is 3.97. The molecule has 1 unspecified atom stereocenters. The van der Waals surface area contributed by atoms with Crippen LogP contribution in [0.5, 0.6) is 0 Å². The van der Waals surface area contributed by atoms with Crippen LogP contribution in [-0.2, 0) is 4.79 Å². The second-order valence-corrected chi connectivity index (χ2v) is 5.35. The maximum absolute atomic E-state index is 11.7. The summed E-state index contributed by atoms with van der Waals surface area (Å²) in [5.74, 6) is 0.800. The summed E-state index contributed by atoms with van der Waals surface area (Å²) in [6.45, 7) is 2.94. The Morgan fingerprint density at radius 2 is 2.06 bits per heavy atom. The van der Waals surface area contributed by atoms with Gasteiger partial charge in [0.25, 0.3) is 0 Å². The van der Waals surface area contributed by atoms with Crippen molar-refractivity contribution in [2.24, 2.45) is 5.92 Å². The zero-order valence-corrected chi connectivity index (χ0v) is 10.6. The van der Waals surface area contributed by atoms with Crippen LogP contribution in [0.25, 0.3) is 0 Å². The highest BCUT2D eigenvalue weighted by Gasteiger charge is 2.34. The predicted molar refractivity (Wildman–Crippen MR) is 65.8 cm³/mol. The highest BCUT2D eigenvalue weighted by atomic mass is 16.2. The zero-order valence-electron chi connectivity index (χ0n) is 10.6. The molecule has 1 saturated carbocycles. The lowest BCUT2D eigenvalue weighted by Gasteiger charge is -2.26. The van der Waals surface area contributed by atoms with Crippen LogP contribution >= 0.6 is 0 Å². The summed E-state index contributed by atoms with van der Waals surface area (Å²) >= 11 is 0. The van der Waals surface area contributed by atoms with Gasteiger partial charge in [0.2, 0.25) is 0 Å². The van der Waals surface area contributed by atoms with Crippen LogP contribution in [-0.4, -0.2) is 35.8 Å². The molecule has 1 N–H and O–H groups in total. The van der Waals surface area contributed by atoms with Crippen molar-refractivity contribution >= 4 is 11.8 Å². The fraction of sp³-hybridized carbons (Fsp3) is 0.846. The zero-order chi connectivity index (χ0) is 12.3. The molecule has 0 aromatic heterocycles. The van der Waals surface area contributed by atoms with Gasteiger partial charge in [0.05, 0.1) is 6.04 Å². The molecule has 0 bridgehead atoms. The summed E-state index contributed by atoms with van der Waals surface area (Å²) in [5.41, 5.74) is 0. The Morgan fingerprint density at radius 3 is 2.71 bits per heavy atom. The molecule has 2 fully saturated rings. The number of hydrogen-bond donors (Lipinski definition) is 1. The standard InChI is InChI=1S/C13H22N2O2/c1-10(16)7-8-15-9-12(14-13(15)17)11-5-3-2-4-6-11/h11-12H,2-9H2,1H3,(H,14,17). The largest absolute Gasteiger partial charge is 0.333 e. The van der Waals surface area contributed by atoms with E-state index in [9.17, 15) is 9.59 Å². The van der Waals surface area contributed by atoms with Crippen LogP contribution in [0.2, 0.25) is 0 Å². The Kier molecular flexibility index (Phi) is 4.02. The van der Waals surface area contributed by atoms with Crippen molar-refractivity contribution in [1.82, 2.24) is 10.2 Å². The molecular formula is C13H22N2O2. The summed E-state index contributed by atoms with van der Waals surface area (Å²) in [4.78, 5) is 24.5. The smallest absolute Gasteiger partial charge is 0.317 e. The minimum atomic E-state index is 0.0156. The Morgan fingerprint density at radius 1 is 1.35 bits per heavy atom. The van der Waals surface area contributed by atoms with E-state index in [4.69, 9.17) is 0 Å². The molecule has 0 aromatic carbocycles. The second kappa shape index (κ2) is 5.52. The molecule has 2 aliphatic rings. The Hall–Kier alpha value is -1.06. The summed E-state index contributed by atoms with van der Waals surface area (Å²) in [5, 5.41) is 3.07. The molecule has 1 aliphatic carbocycles. The Balaban J connectivity index is 1.83. The quantitative estimate of drug-likeness (QED) is 0.813. The maximum Gasteiger partial charge on any atom is 0.317 e. The van der Waals surface area contributed by atoms with Crippen LogP contribution in [0.4, 0.5) is 4.79 Å². The first-order valence-electron chi connectivity index (χ1n) is 6.71. The summed E-state index contributed by atoms with van der Waals surface area (Å²) < 4.78 is 0. The van der Waals surface area contributed by atoms with E-state index in [-0.39, 0.29) is 11.8 Å². The average molecular weight is 238 g/mol. The number of Topliss-reactive ketones (excluding diaryl/α,β-unsaturated/α-hetero) is 1. The molecule has 17 heavy (non-hydrogen) atoms.